The first-order chi connectivity index (χ1) is 9.31. The summed E-state index contributed by atoms with van der Waals surface area (Å²) in [6.45, 7) is 1.03. The molecule has 2 rings (SSSR count). The van der Waals surface area contributed by atoms with Crippen molar-refractivity contribution in [1.29, 1.82) is 0 Å². The van der Waals surface area contributed by atoms with E-state index < -0.39 is 0 Å². The average Bonchev–Trinajstić information content (AvgIpc) is 2.96. The Morgan fingerprint density at radius 1 is 1.47 bits per heavy atom. The molecule has 4 heteroatoms. The number of nitrogens with one attached hydrogen (secondary N) is 1. The number of amides is 1. The zero-order chi connectivity index (χ0) is 13.5. The van der Waals surface area contributed by atoms with Crippen LogP contribution in [0.3, 0.4) is 0 Å². The van der Waals surface area contributed by atoms with Gasteiger partial charge in [-0.15, -0.1) is 0 Å². The van der Waals surface area contributed by atoms with Gasteiger partial charge in [-0.05, 0) is 24.8 Å². The van der Waals surface area contributed by atoms with Gasteiger partial charge in [0.15, 0.2) is 0 Å². The summed E-state index contributed by atoms with van der Waals surface area (Å²) in [6.07, 6.45) is 8.21. The van der Waals surface area contributed by atoms with Crippen molar-refractivity contribution < 1.29 is 4.79 Å². The molecule has 100 valence electrons. The van der Waals surface area contributed by atoms with Gasteiger partial charge in [0.2, 0.25) is 0 Å². The third-order valence-electron chi connectivity index (χ3n) is 3.42. The number of carbonyl (C=O) groups is 1. The molecule has 1 aromatic rings. The number of carbonyl (C=O) groups excluding carboxylic acids is 1. The number of nitrogens with zero attached hydrogens (tertiary/aromatic N) is 1. The Kier molecular flexibility index (Phi) is 4.93. The minimum atomic E-state index is -0.0735. The van der Waals surface area contributed by atoms with E-state index in [1.807, 2.05) is 0 Å². The lowest BCUT2D eigenvalue weighted by atomic mass is 10.1. The molecule has 1 aliphatic rings. The molecule has 3 N–H and O–H groups in total. The monoisotopic (exact) mass is 257 g/mol. The summed E-state index contributed by atoms with van der Waals surface area (Å²) in [4.78, 5) is 16.1. The molecule has 1 heterocycles. The first kappa shape index (κ1) is 13.6. The maximum atomic E-state index is 12.1. The van der Waals surface area contributed by atoms with E-state index in [4.69, 9.17) is 5.73 Å². The normalized spacial score (nSPS) is 14.8. The van der Waals surface area contributed by atoms with Crippen LogP contribution in [0.25, 0.3) is 0 Å². The van der Waals surface area contributed by atoms with Gasteiger partial charge < -0.3 is 11.1 Å². The summed E-state index contributed by atoms with van der Waals surface area (Å²) in [5, 5.41) is 2.99. The molecule has 1 aromatic heterocycles. The Hall–Kier alpha value is -1.86. The van der Waals surface area contributed by atoms with Crippen LogP contribution < -0.4 is 11.1 Å². The molecule has 0 saturated heterocycles. The number of hydrogen-bond acceptors (Lipinski definition) is 3. The number of pyridine rings is 1. The van der Waals surface area contributed by atoms with Crippen LogP contribution in [0.5, 0.6) is 0 Å². The molecular weight excluding hydrogens is 238 g/mol. The minimum Gasteiger partial charge on any atom is -0.352 e. The third kappa shape index (κ3) is 3.80. The number of hydrogen-bond donors (Lipinski definition) is 2. The molecule has 19 heavy (non-hydrogen) atoms. The van der Waals surface area contributed by atoms with Crippen LogP contribution in [-0.4, -0.2) is 24.0 Å². The van der Waals surface area contributed by atoms with Gasteiger partial charge in [0.1, 0.15) is 0 Å². The van der Waals surface area contributed by atoms with Crippen molar-refractivity contribution >= 4 is 5.91 Å². The fourth-order valence-electron chi connectivity index (χ4n) is 2.39. The quantitative estimate of drug-likeness (QED) is 0.802. The lowest BCUT2D eigenvalue weighted by molar-refractivity contribution is 0.0947. The molecule has 1 fully saturated rings. The maximum Gasteiger partial charge on any atom is 0.252 e. The van der Waals surface area contributed by atoms with Crippen molar-refractivity contribution in [2.45, 2.75) is 25.7 Å². The highest BCUT2D eigenvalue weighted by Gasteiger charge is 2.17. The predicted molar refractivity (Wildman–Crippen MR) is 74.5 cm³/mol. The van der Waals surface area contributed by atoms with Gasteiger partial charge in [-0.1, -0.05) is 24.7 Å². The summed E-state index contributed by atoms with van der Waals surface area (Å²) in [5.74, 6) is 6.19. The Balaban J connectivity index is 2.01. The molecule has 4 nitrogen and oxygen atoms in total. The van der Waals surface area contributed by atoms with Gasteiger partial charge in [0, 0.05) is 18.9 Å². The highest BCUT2D eigenvalue weighted by atomic mass is 16.1. The minimum absolute atomic E-state index is 0.0735. The zero-order valence-corrected chi connectivity index (χ0v) is 11.0. The van der Waals surface area contributed by atoms with Crippen LogP contribution in [0.4, 0.5) is 0 Å². The largest absolute Gasteiger partial charge is 0.352 e. The summed E-state index contributed by atoms with van der Waals surface area (Å²) >= 11 is 0. The Labute approximate surface area is 113 Å². The second-order valence-electron chi connectivity index (χ2n) is 4.79. The SMILES string of the molecule is NCC#Cc1cnccc1C(=O)NCC1CCCC1. The van der Waals surface area contributed by atoms with Crippen LogP contribution in [0, 0.1) is 17.8 Å². The first-order valence-corrected chi connectivity index (χ1v) is 6.72. The van der Waals surface area contributed by atoms with Crippen molar-refractivity contribution in [2.75, 3.05) is 13.1 Å². The number of nitrogens with two attached hydrogens (primary N) is 1. The van der Waals surface area contributed by atoms with Gasteiger partial charge in [-0.3, -0.25) is 9.78 Å². The molecule has 0 spiro atoms. The molecule has 0 aliphatic heterocycles. The second-order valence-corrected chi connectivity index (χ2v) is 4.79. The molecule has 1 saturated carbocycles. The third-order valence-corrected chi connectivity index (χ3v) is 3.42. The van der Waals surface area contributed by atoms with Crippen molar-refractivity contribution in [2.24, 2.45) is 11.7 Å². The van der Waals surface area contributed by atoms with Crippen LogP contribution in [0.15, 0.2) is 18.5 Å². The van der Waals surface area contributed by atoms with Gasteiger partial charge in [0.25, 0.3) is 5.91 Å². The first-order valence-electron chi connectivity index (χ1n) is 6.72. The van der Waals surface area contributed by atoms with Gasteiger partial charge in [0.05, 0.1) is 17.7 Å². The summed E-state index contributed by atoms with van der Waals surface area (Å²) in [7, 11) is 0. The van der Waals surface area contributed by atoms with Gasteiger partial charge in [-0.2, -0.15) is 0 Å². The molecule has 0 aromatic carbocycles. The molecule has 1 aliphatic carbocycles. The number of rotatable bonds is 3. The predicted octanol–water partition coefficient (Wildman–Crippen LogP) is 1.31. The van der Waals surface area contributed by atoms with E-state index in [1.165, 1.54) is 25.7 Å². The van der Waals surface area contributed by atoms with Gasteiger partial charge in [-0.25, -0.2) is 0 Å². The van der Waals surface area contributed by atoms with Crippen LogP contribution in [0.1, 0.15) is 41.6 Å². The summed E-state index contributed by atoms with van der Waals surface area (Å²) in [5.41, 5.74) is 6.56. The molecule has 0 radical (unpaired) electrons. The Bertz CT molecular complexity index is 496. The van der Waals surface area contributed by atoms with E-state index in [0.29, 0.717) is 17.0 Å². The van der Waals surface area contributed by atoms with Crippen molar-refractivity contribution in [1.82, 2.24) is 10.3 Å². The fourth-order valence-corrected chi connectivity index (χ4v) is 2.39. The van der Waals surface area contributed by atoms with Crippen molar-refractivity contribution in [3.05, 3.63) is 29.6 Å². The van der Waals surface area contributed by atoms with Crippen molar-refractivity contribution in [3.63, 3.8) is 0 Å². The second kappa shape index (κ2) is 6.91. The van der Waals surface area contributed by atoms with Crippen LogP contribution in [-0.2, 0) is 0 Å². The highest BCUT2D eigenvalue weighted by Crippen LogP contribution is 2.23. The van der Waals surface area contributed by atoms with E-state index >= 15 is 0 Å². The topological polar surface area (TPSA) is 68.0 Å². The molecular formula is C15H19N3O. The van der Waals surface area contributed by atoms with E-state index in [0.717, 1.165) is 6.54 Å². The van der Waals surface area contributed by atoms with Gasteiger partial charge >= 0.3 is 0 Å². The smallest absolute Gasteiger partial charge is 0.252 e. The van der Waals surface area contributed by atoms with Crippen LogP contribution >= 0.6 is 0 Å². The standard InChI is InChI=1S/C15H19N3O/c16-8-3-6-13-11-17-9-7-14(13)15(19)18-10-12-4-1-2-5-12/h7,9,11-12H,1-2,4-5,8,10,16H2,(H,18,19). The Morgan fingerprint density at radius 2 is 2.26 bits per heavy atom. The zero-order valence-electron chi connectivity index (χ0n) is 11.0. The molecule has 1 amide bonds. The Morgan fingerprint density at radius 3 is 3.00 bits per heavy atom. The summed E-state index contributed by atoms with van der Waals surface area (Å²) in [6, 6.07) is 1.70. The molecule has 0 atom stereocenters. The number of aromatic nitrogens is 1. The van der Waals surface area contributed by atoms with E-state index in [2.05, 4.69) is 22.1 Å². The highest BCUT2D eigenvalue weighted by molar-refractivity contribution is 5.96. The molecule has 0 bridgehead atoms. The van der Waals surface area contributed by atoms with E-state index in [1.54, 1.807) is 18.5 Å². The van der Waals surface area contributed by atoms with Crippen molar-refractivity contribution in [3.8, 4) is 11.8 Å². The van der Waals surface area contributed by atoms with Crippen LogP contribution in [0.2, 0.25) is 0 Å². The fraction of sp³-hybridized carbons (Fsp3) is 0.467. The van der Waals surface area contributed by atoms with E-state index in [9.17, 15) is 4.79 Å². The average molecular weight is 257 g/mol. The maximum absolute atomic E-state index is 12.1. The van der Waals surface area contributed by atoms with E-state index in [-0.39, 0.29) is 12.5 Å². The molecule has 0 unspecified atom stereocenters. The summed E-state index contributed by atoms with van der Waals surface area (Å²) < 4.78 is 0. The lowest BCUT2D eigenvalue weighted by Gasteiger charge is -2.11. The lowest BCUT2D eigenvalue weighted by Crippen LogP contribution is -2.29.